The number of aliphatic carboxylic acids is 1. The van der Waals surface area contributed by atoms with Gasteiger partial charge in [0.15, 0.2) is 0 Å². The quantitative estimate of drug-likeness (QED) is 0.889. The minimum Gasteiger partial charge on any atom is -0.480 e. The molecule has 1 aromatic rings. The average Bonchev–Trinajstić information content (AvgIpc) is 2.83. The zero-order valence-electron chi connectivity index (χ0n) is 11.5. The van der Waals surface area contributed by atoms with Crippen molar-refractivity contribution in [3.05, 3.63) is 34.9 Å². The molecular formula is C14H16ClNO3S2. The molecule has 0 aliphatic carbocycles. The van der Waals surface area contributed by atoms with Gasteiger partial charge in [-0.15, -0.1) is 23.5 Å². The topological polar surface area (TPSA) is 57.6 Å². The van der Waals surface area contributed by atoms with Gasteiger partial charge in [-0.25, -0.2) is 4.79 Å². The lowest BCUT2D eigenvalue weighted by atomic mass is 10.2. The highest BCUT2D eigenvalue weighted by Crippen LogP contribution is 2.29. The molecule has 4 nitrogen and oxygen atoms in total. The van der Waals surface area contributed by atoms with E-state index in [4.69, 9.17) is 16.7 Å². The Morgan fingerprint density at radius 2 is 2.10 bits per heavy atom. The maximum absolute atomic E-state index is 12.2. The minimum atomic E-state index is -0.928. The second kappa shape index (κ2) is 7.42. The Bertz CT molecular complexity index is 523. The van der Waals surface area contributed by atoms with Gasteiger partial charge in [-0.3, -0.25) is 4.79 Å². The number of hydrogen-bond donors (Lipinski definition) is 1. The number of amides is 1. The van der Waals surface area contributed by atoms with Crippen LogP contribution < -0.4 is 0 Å². The van der Waals surface area contributed by atoms with Crippen LogP contribution >= 0.6 is 35.1 Å². The van der Waals surface area contributed by atoms with E-state index < -0.39 is 12.0 Å². The summed E-state index contributed by atoms with van der Waals surface area (Å²) in [6.07, 6.45) is 0. The Morgan fingerprint density at radius 3 is 2.71 bits per heavy atom. The van der Waals surface area contributed by atoms with E-state index in [9.17, 15) is 9.59 Å². The van der Waals surface area contributed by atoms with Crippen molar-refractivity contribution in [2.45, 2.75) is 24.1 Å². The summed E-state index contributed by atoms with van der Waals surface area (Å²) in [6.45, 7) is 1.87. The molecule has 1 amide bonds. The van der Waals surface area contributed by atoms with Crippen LogP contribution in [0.15, 0.2) is 24.3 Å². The largest absolute Gasteiger partial charge is 0.480 e. The summed E-state index contributed by atoms with van der Waals surface area (Å²) in [4.78, 5) is 24.9. The third-order valence-corrected chi connectivity index (χ3v) is 5.66. The molecule has 0 bridgehead atoms. The van der Waals surface area contributed by atoms with Crippen molar-refractivity contribution in [1.29, 1.82) is 0 Å². The van der Waals surface area contributed by atoms with Crippen LogP contribution in [0.3, 0.4) is 0 Å². The predicted molar refractivity (Wildman–Crippen MR) is 87.8 cm³/mol. The van der Waals surface area contributed by atoms with Crippen molar-refractivity contribution < 1.29 is 14.7 Å². The van der Waals surface area contributed by atoms with Gasteiger partial charge in [0.05, 0.1) is 11.1 Å². The molecule has 0 radical (unpaired) electrons. The van der Waals surface area contributed by atoms with Gasteiger partial charge >= 0.3 is 5.97 Å². The molecule has 0 saturated carbocycles. The van der Waals surface area contributed by atoms with Crippen molar-refractivity contribution in [1.82, 2.24) is 4.90 Å². The summed E-state index contributed by atoms with van der Waals surface area (Å²) in [7, 11) is 0. The standard InChI is InChI=1S/C14H16ClNO3S2/c1-9-16(12(7-21-9)14(18)19)13(17)8-20-6-10-2-4-11(15)5-3-10/h2-5,9,12H,6-8H2,1H3,(H,18,19). The summed E-state index contributed by atoms with van der Waals surface area (Å²) in [5.41, 5.74) is 1.09. The van der Waals surface area contributed by atoms with Crippen molar-refractivity contribution in [3.63, 3.8) is 0 Å². The zero-order valence-corrected chi connectivity index (χ0v) is 13.9. The molecule has 1 heterocycles. The lowest BCUT2D eigenvalue weighted by molar-refractivity contribution is -0.147. The smallest absolute Gasteiger partial charge is 0.327 e. The second-order valence-corrected chi connectivity index (χ2v) is 7.48. The lowest BCUT2D eigenvalue weighted by Crippen LogP contribution is -2.45. The average molecular weight is 346 g/mol. The molecule has 2 unspecified atom stereocenters. The number of carbonyl (C=O) groups is 2. The van der Waals surface area contributed by atoms with E-state index in [2.05, 4.69) is 0 Å². The van der Waals surface area contributed by atoms with Crippen LogP contribution in [0.1, 0.15) is 12.5 Å². The molecule has 2 atom stereocenters. The number of carboxylic acids is 1. The maximum atomic E-state index is 12.2. The van der Waals surface area contributed by atoms with E-state index >= 15 is 0 Å². The molecule has 1 aliphatic heterocycles. The van der Waals surface area contributed by atoms with Gasteiger partial charge in [0.25, 0.3) is 0 Å². The number of carbonyl (C=O) groups excluding carboxylic acids is 1. The van der Waals surface area contributed by atoms with E-state index in [1.807, 2.05) is 31.2 Å². The van der Waals surface area contributed by atoms with E-state index in [0.29, 0.717) is 16.5 Å². The summed E-state index contributed by atoms with van der Waals surface area (Å²) in [5, 5.41) is 9.77. The molecule has 1 fully saturated rings. The van der Waals surface area contributed by atoms with Crippen molar-refractivity contribution in [2.24, 2.45) is 0 Å². The molecule has 1 saturated heterocycles. The number of nitrogens with zero attached hydrogens (tertiary/aromatic N) is 1. The fraction of sp³-hybridized carbons (Fsp3) is 0.429. The van der Waals surface area contributed by atoms with Crippen LogP contribution in [0.2, 0.25) is 5.02 Å². The molecule has 2 rings (SSSR count). The Kier molecular flexibility index (Phi) is 5.84. The first-order chi connectivity index (χ1) is 9.99. The predicted octanol–water partition coefficient (Wildman–Crippen LogP) is 2.95. The van der Waals surface area contributed by atoms with E-state index in [-0.39, 0.29) is 17.0 Å². The van der Waals surface area contributed by atoms with E-state index in [0.717, 1.165) is 5.56 Å². The summed E-state index contributed by atoms with van der Waals surface area (Å²) in [5.74, 6) is 0.416. The number of rotatable bonds is 5. The van der Waals surface area contributed by atoms with E-state index in [1.165, 1.54) is 28.4 Å². The monoisotopic (exact) mass is 345 g/mol. The van der Waals surface area contributed by atoms with Crippen LogP contribution in [0.5, 0.6) is 0 Å². The Labute approximate surface area is 137 Å². The van der Waals surface area contributed by atoms with Crippen LogP contribution in [0.25, 0.3) is 0 Å². The van der Waals surface area contributed by atoms with Gasteiger partial charge in [-0.2, -0.15) is 0 Å². The van der Waals surface area contributed by atoms with Gasteiger partial charge in [0.1, 0.15) is 6.04 Å². The highest BCUT2D eigenvalue weighted by molar-refractivity contribution is 8.00. The van der Waals surface area contributed by atoms with Gasteiger partial charge < -0.3 is 10.0 Å². The van der Waals surface area contributed by atoms with Crippen LogP contribution in [0, 0.1) is 0 Å². The van der Waals surface area contributed by atoms with E-state index in [1.54, 1.807) is 0 Å². The van der Waals surface area contributed by atoms with Gasteiger partial charge in [-0.1, -0.05) is 23.7 Å². The second-order valence-electron chi connectivity index (χ2n) is 4.71. The third-order valence-electron chi connectivity index (χ3n) is 3.20. The molecular weight excluding hydrogens is 330 g/mol. The first-order valence-electron chi connectivity index (χ1n) is 6.47. The van der Waals surface area contributed by atoms with Gasteiger partial charge in [0, 0.05) is 16.5 Å². The number of benzene rings is 1. The molecule has 114 valence electrons. The van der Waals surface area contributed by atoms with Gasteiger partial charge in [-0.05, 0) is 24.6 Å². The fourth-order valence-corrected chi connectivity index (χ4v) is 4.29. The molecule has 21 heavy (non-hydrogen) atoms. The van der Waals surface area contributed by atoms with Gasteiger partial charge in [0.2, 0.25) is 5.91 Å². The number of hydrogen-bond acceptors (Lipinski definition) is 4. The molecule has 0 aromatic heterocycles. The summed E-state index contributed by atoms with van der Waals surface area (Å²) < 4.78 is 0. The highest BCUT2D eigenvalue weighted by atomic mass is 35.5. The van der Waals surface area contributed by atoms with Crippen molar-refractivity contribution in [2.75, 3.05) is 11.5 Å². The summed E-state index contributed by atoms with van der Waals surface area (Å²) in [6, 6.07) is 6.79. The molecule has 0 spiro atoms. The molecule has 1 N–H and O–H groups in total. The maximum Gasteiger partial charge on any atom is 0.327 e. The Balaban J connectivity index is 1.86. The minimum absolute atomic E-state index is 0.0743. The van der Waals surface area contributed by atoms with Crippen LogP contribution in [-0.2, 0) is 15.3 Å². The normalized spacial score (nSPS) is 21.5. The zero-order chi connectivity index (χ0) is 15.4. The van der Waals surface area contributed by atoms with Crippen molar-refractivity contribution >= 4 is 47.0 Å². The SMILES string of the molecule is CC1SCC(C(=O)O)N1C(=O)CSCc1ccc(Cl)cc1. The third kappa shape index (κ3) is 4.31. The highest BCUT2D eigenvalue weighted by Gasteiger charge is 2.38. The fourth-order valence-electron chi connectivity index (χ4n) is 2.12. The van der Waals surface area contributed by atoms with Crippen LogP contribution in [0.4, 0.5) is 0 Å². The van der Waals surface area contributed by atoms with Crippen molar-refractivity contribution in [3.8, 4) is 0 Å². The number of carboxylic acid groups (broad SMARTS) is 1. The molecule has 1 aliphatic rings. The number of thioether (sulfide) groups is 2. The number of halogens is 1. The molecule has 1 aromatic carbocycles. The first-order valence-corrected chi connectivity index (χ1v) is 9.05. The van der Waals surface area contributed by atoms with Crippen LogP contribution in [-0.4, -0.2) is 44.8 Å². The first kappa shape index (κ1) is 16.5. The Hall–Kier alpha value is -0.850. The molecule has 7 heteroatoms. The lowest BCUT2D eigenvalue weighted by Gasteiger charge is -2.24. The Morgan fingerprint density at radius 1 is 1.43 bits per heavy atom. The summed E-state index contributed by atoms with van der Waals surface area (Å²) >= 11 is 8.81.